The quantitative estimate of drug-likeness (QED) is 0.453. The number of ether oxygens (including phenoxy) is 1. The summed E-state index contributed by atoms with van der Waals surface area (Å²) in [5.41, 5.74) is 2.02. The summed E-state index contributed by atoms with van der Waals surface area (Å²) in [5, 5.41) is 5.57. The number of thiophene rings is 1. The molecule has 4 rings (SSSR count). The monoisotopic (exact) mass is 452 g/mol. The molecule has 1 aliphatic heterocycles. The van der Waals surface area contributed by atoms with E-state index in [1.165, 1.54) is 16.2 Å². The maximum absolute atomic E-state index is 13.3. The third-order valence-corrected chi connectivity index (χ3v) is 6.05. The number of amides is 2. The van der Waals surface area contributed by atoms with Crippen molar-refractivity contribution >= 4 is 46.0 Å². The lowest BCUT2D eigenvalue weighted by Gasteiger charge is -2.16. The molecular weight excluding hydrogens is 432 g/mol. The number of halogens is 1. The first kappa shape index (κ1) is 21.2. The third kappa shape index (κ3) is 4.50. The highest BCUT2D eigenvalue weighted by molar-refractivity contribution is 7.11. The van der Waals surface area contributed by atoms with Gasteiger partial charge in [-0.2, -0.15) is 0 Å². The molecule has 2 heterocycles. The van der Waals surface area contributed by atoms with E-state index >= 15 is 0 Å². The first-order chi connectivity index (χ1) is 15.1. The summed E-state index contributed by atoms with van der Waals surface area (Å²) in [6.45, 7) is 2.75. The molecule has 0 aliphatic carbocycles. The molecule has 0 saturated carbocycles. The van der Waals surface area contributed by atoms with Gasteiger partial charge in [0.2, 0.25) is 0 Å². The van der Waals surface area contributed by atoms with Crippen molar-refractivity contribution in [2.45, 2.75) is 19.9 Å². The van der Waals surface area contributed by atoms with Gasteiger partial charge in [0.05, 0.1) is 18.7 Å². The predicted octanol–water partition coefficient (Wildman–Crippen LogP) is 5.58. The summed E-state index contributed by atoms with van der Waals surface area (Å²) in [6, 6.07) is 18.3. The molecule has 158 valence electrons. The van der Waals surface area contributed by atoms with Crippen LogP contribution in [0.4, 0.5) is 5.69 Å². The van der Waals surface area contributed by atoms with E-state index in [2.05, 4.69) is 5.32 Å². The zero-order valence-corrected chi connectivity index (χ0v) is 18.5. The van der Waals surface area contributed by atoms with E-state index in [1.807, 2.05) is 66.9 Å². The van der Waals surface area contributed by atoms with Gasteiger partial charge in [-0.25, -0.2) is 0 Å². The van der Waals surface area contributed by atoms with Gasteiger partial charge < -0.3 is 10.1 Å². The Morgan fingerprint density at radius 3 is 2.61 bits per heavy atom. The van der Waals surface area contributed by atoms with Crippen molar-refractivity contribution in [3.05, 3.63) is 87.2 Å². The lowest BCUT2D eigenvalue weighted by atomic mass is 10.1. The number of anilines is 1. The Hall–Kier alpha value is -3.09. The zero-order chi connectivity index (χ0) is 21.8. The summed E-state index contributed by atoms with van der Waals surface area (Å²) in [5.74, 6) is -0.0173. The molecule has 1 aliphatic rings. The van der Waals surface area contributed by atoms with Gasteiger partial charge in [-0.1, -0.05) is 48.9 Å². The molecule has 7 heteroatoms. The minimum absolute atomic E-state index is 0.108. The van der Waals surface area contributed by atoms with Gasteiger partial charge in [0.25, 0.3) is 11.8 Å². The van der Waals surface area contributed by atoms with Gasteiger partial charge in [0.1, 0.15) is 11.4 Å². The number of nitrogens with zero attached hydrogens (tertiary/aromatic N) is 1. The average Bonchev–Trinajstić information content (AvgIpc) is 3.37. The fourth-order valence-electron chi connectivity index (χ4n) is 3.31. The van der Waals surface area contributed by atoms with Crippen molar-refractivity contribution < 1.29 is 14.3 Å². The normalized spacial score (nSPS) is 13.8. The number of benzene rings is 2. The molecule has 1 aromatic heterocycles. The SMILES string of the molecule is CCCOc1cccc(NC2=C(c3cccs3)C(=O)N(Cc3ccccc3Cl)C2=O)c1. The van der Waals surface area contributed by atoms with Crippen LogP contribution in [-0.2, 0) is 16.1 Å². The molecule has 2 amide bonds. The Kier molecular flexibility index (Phi) is 6.39. The molecule has 31 heavy (non-hydrogen) atoms. The minimum Gasteiger partial charge on any atom is -0.494 e. The summed E-state index contributed by atoms with van der Waals surface area (Å²) in [7, 11) is 0. The second kappa shape index (κ2) is 9.37. The second-order valence-corrected chi connectivity index (χ2v) is 8.37. The van der Waals surface area contributed by atoms with Gasteiger partial charge in [-0.15, -0.1) is 11.3 Å². The van der Waals surface area contributed by atoms with Crippen LogP contribution in [0.1, 0.15) is 23.8 Å². The smallest absolute Gasteiger partial charge is 0.278 e. The van der Waals surface area contributed by atoms with Gasteiger partial charge in [-0.3, -0.25) is 14.5 Å². The van der Waals surface area contributed by atoms with E-state index < -0.39 is 0 Å². The molecule has 0 atom stereocenters. The van der Waals surface area contributed by atoms with E-state index in [1.54, 1.807) is 6.07 Å². The number of hydrogen-bond acceptors (Lipinski definition) is 5. The Bertz CT molecular complexity index is 1140. The topological polar surface area (TPSA) is 58.6 Å². The van der Waals surface area contributed by atoms with Crippen LogP contribution in [0.15, 0.2) is 71.7 Å². The highest BCUT2D eigenvalue weighted by Crippen LogP contribution is 2.34. The van der Waals surface area contributed by atoms with E-state index in [9.17, 15) is 9.59 Å². The molecule has 0 bridgehead atoms. The van der Waals surface area contributed by atoms with Crippen molar-refractivity contribution in [2.24, 2.45) is 0 Å². The van der Waals surface area contributed by atoms with Gasteiger partial charge in [0.15, 0.2) is 0 Å². The average molecular weight is 453 g/mol. The van der Waals surface area contributed by atoms with Crippen molar-refractivity contribution in [3.63, 3.8) is 0 Å². The summed E-state index contributed by atoms with van der Waals surface area (Å²) in [4.78, 5) is 28.6. The van der Waals surface area contributed by atoms with Crippen molar-refractivity contribution in [3.8, 4) is 5.75 Å². The fourth-order valence-corrected chi connectivity index (χ4v) is 4.27. The molecule has 2 aromatic carbocycles. The molecule has 1 N–H and O–H groups in total. The highest BCUT2D eigenvalue weighted by Gasteiger charge is 2.39. The molecule has 0 radical (unpaired) electrons. The van der Waals surface area contributed by atoms with Crippen LogP contribution in [0.3, 0.4) is 0 Å². The van der Waals surface area contributed by atoms with E-state index in [0.717, 1.165) is 11.3 Å². The van der Waals surface area contributed by atoms with Crippen molar-refractivity contribution in [1.29, 1.82) is 0 Å². The van der Waals surface area contributed by atoms with Crippen LogP contribution < -0.4 is 10.1 Å². The number of carbonyl (C=O) groups is 2. The Morgan fingerprint density at radius 1 is 1.03 bits per heavy atom. The van der Waals surface area contributed by atoms with E-state index in [-0.39, 0.29) is 24.1 Å². The lowest BCUT2D eigenvalue weighted by Crippen LogP contribution is -2.32. The first-order valence-corrected chi connectivity index (χ1v) is 11.2. The zero-order valence-electron chi connectivity index (χ0n) is 16.9. The Labute approximate surface area is 189 Å². The predicted molar refractivity (Wildman–Crippen MR) is 124 cm³/mol. The van der Waals surface area contributed by atoms with Gasteiger partial charge in [-0.05, 0) is 41.6 Å². The number of rotatable bonds is 8. The third-order valence-electron chi connectivity index (χ3n) is 4.80. The van der Waals surface area contributed by atoms with Gasteiger partial charge >= 0.3 is 0 Å². The van der Waals surface area contributed by atoms with Crippen LogP contribution in [-0.4, -0.2) is 23.3 Å². The van der Waals surface area contributed by atoms with Crippen LogP contribution in [0, 0.1) is 0 Å². The van der Waals surface area contributed by atoms with Crippen molar-refractivity contribution in [1.82, 2.24) is 4.90 Å². The van der Waals surface area contributed by atoms with Crippen molar-refractivity contribution in [2.75, 3.05) is 11.9 Å². The van der Waals surface area contributed by atoms with Gasteiger partial charge in [0, 0.05) is 21.7 Å². The molecule has 5 nitrogen and oxygen atoms in total. The standard InChI is InChI=1S/C24H21ClN2O3S/c1-2-12-30-18-9-5-8-17(14-18)26-22-21(20-11-6-13-31-20)23(28)27(24(22)29)15-16-7-3-4-10-19(16)25/h3-11,13-14,26H,2,12,15H2,1H3. The maximum Gasteiger partial charge on any atom is 0.278 e. The fraction of sp³-hybridized carbons (Fsp3) is 0.167. The lowest BCUT2D eigenvalue weighted by molar-refractivity contribution is -0.137. The molecule has 0 spiro atoms. The largest absolute Gasteiger partial charge is 0.494 e. The summed E-state index contributed by atoms with van der Waals surface area (Å²) >= 11 is 7.69. The number of carbonyl (C=O) groups excluding carboxylic acids is 2. The number of imide groups is 1. The van der Waals surface area contributed by atoms with E-state index in [0.29, 0.717) is 34.2 Å². The summed E-state index contributed by atoms with van der Waals surface area (Å²) in [6.07, 6.45) is 0.898. The summed E-state index contributed by atoms with van der Waals surface area (Å²) < 4.78 is 5.69. The highest BCUT2D eigenvalue weighted by atomic mass is 35.5. The molecule has 0 unspecified atom stereocenters. The van der Waals surface area contributed by atoms with Crippen LogP contribution in [0.2, 0.25) is 5.02 Å². The Balaban J connectivity index is 1.67. The van der Waals surface area contributed by atoms with Crippen LogP contribution in [0.5, 0.6) is 5.75 Å². The maximum atomic E-state index is 13.3. The van der Waals surface area contributed by atoms with E-state index in [4.69, 9.17) is 16.3 Å². The number of hydrogen-bond donors (Lipinski definition) is 1. The molecule has 0 saturated heterocycles. The van der Waals surface area contributed by atoms with Crippen LogP contribution in [0.25, 0.3) is 5.57 Å². The minimum atomic E-state index is -0.381. The second-order valence-electron chi connectivity index (χ2n) is 7.02. The molecule has 3 aromatic rings. The van der Waals surface area contributed by atoms with Crippen LogP contribution >= 0.6 is 22.9 Å². The Morgan fingerprint density at radius 2 is 1.87 bits per heavy atom. The first-order valence-electron chi connectivity index (χ1n) is 9.96. The molecular formula is C24H21ClN2O3S. The number of nitrogens with one attached hydrogen (secondary N) is 1. The molecule has 0 fully saturated rings.